The Morgan fingerprint density at radius 1 is 1.38 bits per heavy atom. The van der Waals surface area contributed by atoms with Crippen LogP contribution < -0.4 is 0 Å². The third-order valence-corrected chi connectivity index (χ3v) is 7.37. The Kier molecular flexibility index (Phi) is 7.75. The number of benzene rings is 1. The van der Waals surface area contributed by atoms with Crippen molar-refractivity contribution in [2.45, 2.75) is 22.8 Å². The maximum absolute atomic E-state index is 12.7. The molecule has 26 heavy (non-hydrogen) atoms. The van der Waals surface area contributed by atoms with Crippen LogP contribution in [-0.4, -0.2) is 47.2 Å². The molecule has 0 radical (unpaired) electrons. The maximum Gasteiger partial charge on any atom is 0.200 e. The largest absolute Gasteiger partial charge is 0.348 e. The summed E-state index contributed by atoms with van der Waals surface area (Å²) < 4.78 is 25.4. The average Bonchev–Trinajstić information content (AvgIpc) is 3.06. The molecule has 0 spiro atoms. The first kappa shape index (κ1) is 20.6. The molecule has 1 unspecified atom stereocenters. The van der Waals surface area contributed by atoms with Crippen LogP contribution in [0, 0.1) is 18.3 Å². The van der Waals surface area contributed by atoms with E-state index in [1.54, 1.807) is 42.5 Å². The normalized spacial score (nSPS) is 13.3. The summed E-state index contributed by atoms with van der Waals surface area (Å²) in [6.45, 7) is 2.42. The fraction of sp³-hybridized carbons (Fsp3) is 0.353. The monoisotopic (exact) mass is 408 g/mol. The lowest BCUT2D eigenvalue weighted by molar-refractivity contribution is 0.596. The zero-order valence-corrected chi connectivity index (χ0v) is 17.0. The van der Waals surface area contributed by atoms with Gasteiger partial charge in [-0.05, 0) is 25.3 Å². The minimum Gasteiger partial charge on any atom is -0.348 e. The standard InChI is InChI=1S/C17H20N4O2S3/c1-13-15(21-12-20-13)11-25-9-8-19-17(24-2)16(10-18)26(22,23)14-6-4-3-5-7-14/h3-7,12,16H,8-9,11H2,1-2H3,(H,20,21). The SMILES string of the molecule is CSC(=NCCSCc1nc[nH]c1C)C(C#N)S(=O)(=O)c1ccccc1. The molecule has 2 rings (SSSR count). The second kappa shape index (κ2) is 9.80. The lowest BCUT2D eigenvalue weighted by atomic mass is 10.4. The summed E-state index contributed by atoms with van der Waals surface area (Å²) in [5.74, 6) is 1.49. The van der Waals surface area contributed by atoms with E-state index >= 15 is 0 Å². The van der Waals surface area contributed by atoms with Gasteiger partial charge >= 0.3 is 0 Å². The number of imidazole rings is 1. The third-order valence-electron chi connectivity index (χ3n) is 3.61. The summed E-state index contributed by atoms with van der Waals surface area (Å²) >= 11 is 2.87. The molecule has 0 aliphatic heterocycles. The van der Waals surface area contributed by atoms with Crippen LogP contribution in [0.1, 0.15) is 11.4 Å². The van der Waals surface area contributed by atoms with E-state index in [9.17, 15) is 13.7 Å². The van der Waals surface area contributed by atoms with Gasteiger partial charge in [0.05, 0.1) is 23.0 Å². The molecule has 9 heteroatoms. The molecule has 138 valence electrons. The van der Waals surface area contributed by atoms with E-state index in [4.69, 9.17) is 0 Å². The molecular weight excluding hydrogens is 388 g/mol. The van der Waals surface area contributed by atoms with E-state index in [2.05, 4.69) is 15.0 Å². The quantitative estimate of drug-likeness (QED) is 0.409. The number of nitrogens with one attached hydrogen (secondary N) is 1. The van der Waals surface area contributed by atoms with Crippen molar-refractivity contribution in [1.29, 1.82) is 5.26 Å². The van der Waals surface area contributed by atoms with Crippen LogP contribution in [0.4, 0.5) is 0 Å². The zero-order valence-electron chi connectivity index (χ0n) is 14.5. The van der Waals surface area contributed by atoms with Gasteiger partial charge in [0, 0.05) is 23.7 Å². The topological polar surface area (TPSA) is 99.0 Å². The van der Waals surface area contributed by atoms with Crippen LogP contribution in [0.15, 0.2) is 46.5 Å². The summed E-state index contributed by atoms with van der Waals surface area (Å²) in [6, 6.07) is 9.93. The number of rotatable bonds is 8. The first-order valence-electron chi connectivity index (χ1n) is 7.84. The lowest BCUT2D eigenvalue weighted by Crippen LogP contribution is -2.27. The Hall–Kier alpha value is -1.76. The Morgan fingerprint density at radius 2 is 2.12 bits per heavy atom. The highest BCUT2D eigenvalue weighted by Crippen LogP contribution is 2.21. The number of aryl methyl sites for hydroxylation is 1. The van der Waals surface area contributed by atoms with Gasteiger partial charge in [-0.1, -0.05) is 18.2 Å². The Morgan fingerprint density at radius 3 is 2.69 bits per heavy atom. The smallest absolute Gasteiger partial charge is 0.200 e. The zero-order chi connectivity index (χ0) is 19.0. The van der Waals surface area contributed by atoms with Crippen LogP contribution >= 0.6 is 23.5 Å². The highest BCUT2D eigenvalue weighted by Gasteiger charge is 2.31. The van der Waals surface area contributed by atoms with Crippen LogP contribution in [0.5, 0.6) is 0 Å². The first-order valence-corrected chi connectivity index (χ1v) is 11.8. The summed E-state index contributed by atoms with van der Waals surface area (Å²) in [6.07, 6.45) is 3.41. The molecule has 0 fully saturated rings. The average molecular weight is 409 g/mol. The van der Waals surface area contributed by atoms with Gasteiger partial charge in [-0.25, -0.2) is 13.4 Å². The fourth-order valence-corrected chi connectivity index (χ4v) is 5.47. The molecule has 0 amide bonds. The molecule has 0 saturated carbocycles. The number of H-pyrrole nitrogens is 1. The number of aromatic amines is 1. The number of thioether (sulfide) groups is 2. The minimum absolute atomic E-state index is 0.136. The number of nitriles is 1. The maximum atomic E-state index is 12.7. The van der Waals surface area contributed by atoms with Gasteiger partial charge in [-0.2, -0.15) is 17.0 Å². The van der Waals surface area contributed by atoms with Gasteiger partial charge in [0.15, 0.2) is 5.25 Å². The van der Waals surface area contributed by atoms with Crippen molar-refractivity contribution in [3.8, 4) is 6.07 Å². The van der Waals surface area contributed by atoms with E-state index in [1.165, 1.54) is 23.9 Å². The van der Waals surface area contributed by atoms with Gasteiger partial charge in [-0.3, -0.25) is 4.99 Å². The number of nitrogens with zero attached hydrogens (tertiary/aromatic N) is 3. The van der Waals surface area contributed by atoms with Crippen molar-refractivity contribution in [2.75, 3.05) is 18.6 Å². The van der Waals surface area contributed by atoms with Crippen molar-refractivity contribution in [3.63, 3.8) is 0 Å². The second-order valence-electron chi connectivity index (χ2n) is 5.32. The van der Waals surface area contributed by atoms with Gasteiger partial charge in [0.1, 0.15) is 5.04 Å². The van der Waals surface area contributed by atoms with Crippen LogP contribution in [0.3, 0.4) is 0 Å². The van der Waals surface area contributed by atoms with Crippen molar-refractivity contribution in [1.82, 2.24) is 9.97 Å². The molecule has 0 bridgehead atoms. The molecule has 0 aliphatic rings. The van der Waals surface area contributed by atoms with Crippen LogP contribution in [0.2, 0.25) is 0 Å². The van der Waals surface area contributed by atoms with Gasteiger partial charge < -0.3 is 4.98 Å². The highest BCUT2D eigenvalue weighted by molar-refractivity contribution is 8.15. The van der Waals surface area contributed by atoms with Crippen molar-refractivity contribution >= 4 is 38.4 Å². The second-order valence-corrected chi connectivity index (χ2v) is 9.28. The molecular formula is C17H20N4O2S3. The van der Waals surface area contributed by atoms with E-state index in [1.807, 2.05) is 13.0 Å². The fourth-order valence-electron chi connectivity index (χ4n) is 2.18. The molecule has 0 saturated heterocycles. The predicted octanol–water partition coefficient (Wildman–Crippen LogP) is 3.08. The number of sulfone groups is 1. The number of hydrogen-bond donors (Lipinski definition) is 1. The molecule has 0 aliphatic carbocycles. The van der Waals surface area contributed by atoms with Gasteiger partial charge in [0.2, 0.25) is 9.84 Å². The van der Waals surface area contributed by atoms with Gasteiger partial charge in [0.25, 0.3) is 0 Å². The third kappa shape index (κ3) is 5.13. The summed E-state index contributed by atoms with van der Waals surface area (Å²) in [4.78, 5) is 11.8. The van der Waals surface area contributed by atoms with E-state index < -0.39 is 15.1 Å². The number of aromatic nitrogens is 2. The van der Waals surface area contributed by atoms with Gasteiger partial charge in [-0.15, -0.1) is 11.8 Å². The molecule has 6 nitrogen and oxygen atoms in total. The highest BCUT2D eigenvalue weighted by atomic mass is 32.2. The van der Waals surface area contributed by atoms with Crippen molar-refractivity contribution < 1.29 is 8.42 Å². The van der Waals surface area contributed by atoms with E-state index in [-0.39, 0.29) is 4.90 Å². The summed E-state index contributed by atoms with van der Waals surface area (Å²) in [5, 5.41) is 8.49. The molecule has 1 N–H and O–H groups in total. The Balaban J connectivity index is 2.01. The van der Waals surface area contributed by atoms with Crippen LogP contribution in [-0.2, 0) is 15.6 Å². The number of hydrogen-bond acceptors (Lipinski definition) is 7. The molecule has 1 heterocycles. The van der Waals surface area contributed by atoms with E-state index in [0.29, 0.717) is 11.6 Å². The van der Waals surface area contributed by atoms with Crippen LogP contribution in [0.25, 0.3) is 0 Å². The van der Waals surface area contributed by atoms with Crippen molar-refractivity contribution in [3.05, 3.63) is 48.0 Å². The molecule has 1 aromatic heterocycles. The number of aliphatic imine (C=N–C) groups is 1. The summed E-state index contributed by atoms with van der Waals surface area (Å²) in [5.41, 5.74) is 2.05. The lowest BCUT2D eigenvalue weighted by Gasteiger charge is -2.12. The first-order chi connectivity index (χ1) is 12.5. The Bertz CT molecular complexity index is 886. The summed E-state index contributed by atoms with van der Waals surface area (Å²) in [7, 11) is -3.78. The van der Waals surface area contributed by atoms with E-state index in [0.717, 1.165) is 22.9 Å². The molecule has 2 aromatic rings. The molecule has 1 aromatic carbocycles. The molecule has 1 atom stereocenters. The minimum atomic E-state index is -3.78. The van der Waals surface area contributed by atoms with Crippen molar-refractivity contribution in [2.24, 2.45) is 4.99 Å². The predicted molar refractivity (Wildman–Crippen MR) is 108 cm³/mol. The Labute approximate surface area is 162 Å².